The molecular weight excluding hydrogens is 236 g/mol. The van der Waals surface area contributed by atoms with Crippen molar-refractivity contribution in [2.45, 2.75) is 51.0 Å². The van der Waals surface area contributed by atoms with E-state index in [9.17, 15) is 0 Å². The SMILES string of the molecule is CN(CCNc1ncnc2c1CCC2)C1CCCC1. The number of anilines is 1. The maximum atomic E-state index is 4.40. The first-order chi connectivity index (χ1) is 9.34. The second kappa shape index (κ2) is 5.87. The Bertz CT molecular complexity index is 426. The Morgan fingerprint density at radius 3 is 2.89 bits per heavy atom. The molecule has 1 N–H and O–H groups in total. The van der Waals surface area contributed by atoms with Crippen LogP contribution in [0.2, 0.25) is 0 Å². The number of likely N-dealkylation sites (N-methyl/N-ethyl adjacent to an activating group) is 1. The van der Waals surface area contributed by atoms with Gasteiger partial charge in [-0.05, 0) is 39.2 Å². The fraction of sp³-hybridized carbons (Fsp3) is 0.733. The molecule has 0 aromatic carbocycles. The molecule has 1 heterocycles. The van der Waals surface area contributed by atoms with Crippen LogP contribution in [0.15, 0.2) is 6.33 Å². The molecule has 0 saturated heterocycles. The summed E-state index contributed by atoms with van der Waals surface area (Å²) in [5.41, 5.74) is 2.60. The highest BCUT2D eigenvalue weighted by atomic mass is 15.2. The fourth-order valence-corrected chi connectivity index (χ4v) is 3.39. The van der Waals surface area contributed by atoms with Crippen LogP contribution in [0.4, 0.5) is 5.82 Å². The maximum absolute atomic E-state index is 4.40. The zero-order valence-corrected chi connectivity index (χ0v) is 11.9. The number of hydrogen-bond donors (Lipinski definition) is 1. The number of rotatable bonds is 5. The molecule has 104 valence electrons. The summed E-state index contributed by atoms with van der Waals surface area (Å²) >= 11 is 0. The van der Waals surface area contributed by atoms with E-state index in [0.29, 0.717) is 0 Å². The lowest BCUT2D eigenvalue weighted by molar-refractivity contribution is 0.254. The molecule has 4 nitrogen and oxygen atoms in total. The summed E-state index contributed by atoms with van der Waals surface area (Å²) in [5, 5.41) is 3.51. The van der Waals surface area contributed by atoms with E-state index in [0.717, 1.165) is 37.8 Å². The van der Waals surface area contributed by atoms with Crippen molar-refractivity contribution >= 4 is 5.82 Å². The van der Waals surface area contributed by atoms with Crippen molar-refractivity contribution in [2.24, 2.45) is 0 Å². The minimum atomic E-state index is 0.804. The van der Waals surface area contributed by atoms with Gasteiger partial charge in [-0.25, -0.2) is 9.97 Å². The first-order valence-corrected chi connectivity index (χ1v) is 7.61. The highest BCUT2D eigenvalue weighted by Crippen LogP contribution is 2.25. The zero-order valence-electron chi connectivity index (χ0n) is 11.9. The van der Waals surface area contributed by atoms with Crippen LogP contribution in [-0.2, 0) is 12.8 Å². The summed E-state index contributed by atoms with van der Waals surface area (Å²) in [6.07, 6.45) is 10.7. The van der Waals surface area contributed by atoms with Gasteiger partial charge in [0.15, 0.2) is 0 Å². The van der Waals surface area contributed by atoms with Crippen LogP contribution in [0, 0.1) is 0 Å². The number of fused-ring (bicyclic) bond motifs is 1. The van der Waals surface area contributed by atoms with Crippen molar-refractivity contribution in [3.05, 3.63) is 17.6 Å². The van der Waals surface area contributed by atoms with E-state index in [-0.39, 0.29) is 0 Å². The van der Waals surface area contributed by atoms with Gasteiger partial charge in [-0.3, -0.25) is 0 Å². The average molecular weight is 260 g/mol. The highest BCUT2D eigenvalue weighted by Gasteiger charge is 2.20. The first-order valence-electron chi connectivity index (χ1n) is 7.61. The molecule has 0 unspecified atom stereocenters. The van der Waals surface area contributed by atoms with E-state index in [1.54, 1.807) is 6.33 Å². The van der Waals surface area contributed by atoms with E-state index < -0.39 is 0 Å². The third-order valence-corrected chi connectivity index (χ3v) is 4.58. The molecule has 0 bridgehead atoms. The Kier molecular flexibility index (Phi) is 3.97. The number of nitrogens with zero attached hydrogens (tertiary/aromatic N) is 3. The fourth-order valence-electron chi connectivity index (χ4n) is 3.39. The Morgan fingerprint density at radius 2 is 2.05 bits per heavy atom. The number of hydrogen-bond acceptors (Lipinski definition) is 4. The molecule has 2 aliphatic rings. The van der Waals surface area contributed by atoms with E-state index >= 15 is 0 Å². The summed E-state index contributed by atoms with van der Waals surface area (Å²) in [6, 6.07) is 0.804. The number of nitrogens with one attached hydrogen (secondary N) is 1. The second-order valence-corrected chi connectivity index (χ2v) is 5.85. The molecule has 2 aliphatic carbocycles. The van der Waals surface area contributed by atoms with Crippen molar-refractivity contribution in [2.75, 3.05) is 25.5 Å². The van der Waals surface area contributed by atoms with Crippen LogP contribution in [-0.4, -0.2) is 41.0 Å². The largest absolute Gasteiger partial charge is 0.368 e. The molecule has 19 heavy (non-hydrogen) atoms. The van der Waals surface area contributed by atoms with Crippen molar-refractivity contribution < 1.29 is 0 Å². The maximum Gasteiger partial charge on any atom is 0.132 e. The van der Waals surface area contributed by atoms with Gasteiger partial charge in [0, 0.05) is 30.4 Å². The van der Waals surface area contributed by atoms with Gasteiger partial charge in [0.25, 0.3) is 0 Å². The predicted octanol–water partition coefficient (Wildman–Crippen LogP) is 2.25. The van der Waals surface area contributed by atoms with Gasteiger partial charge in [0.2, 0.25) is 0 Å². The van der Waals surface area contributed by atoms with E-state index in [2.05, 4.69) is 27.2 Å². The van der Waals surface area contributed by atoms with Crippen molar-refractivity contribution in [3.8, 4) is 0 Å². The van der Waals surface area contributed by atoms with Crippen molar-refractivity contribution in [1.29, 1.82) is 0 Å². The van der Waals surface area contributed by atoms with Gasteiger partial charge in [-0.2, -0.15) is 0 Å². The molecule has 0 amide bonds. The average Bonchev–Trinajstić information content (AvgIpc) is 3.10. The molecule has 1 fully saturated rings. The zero-order chi connectivity index (χ0) is 13.1. The highest BCUT2D eigenvalue weighted by molar-refractivity contribution is 5.47. The van der Waals surface area contributed by atoms with Gasteiger partial charge in [-0.1, -0.05) is 12.8 Å². The van der Waals surface area contributed by atoms with Gasteiger partial charge in [0.05, 0.1) is 0 Å². The van der Waals surface area contributed by atoms with Crippen LogP contribution in [0.1, 0.15) is 43.4 Å². The second-order valence-electron chi connectivity index (χ2n) is 5.85. The van der Waals surface area contributed by atoms with E-state index in [1.807, 2.05) is 0 Å². The molecule has 1 aromatic rings. The van der Waals surface area contributed by atoms with Crippen LogP contribution >= 0.6 is 0 Å². The Morgan fingerprint density at radius 1 is 1.21 bits per heavy atom. The molecule has 4 heteroatoms. The number of aromatic nitrogens is 2. The normalized spacial score (nSPS) is 19.1. The van der Waals surface area contributed by atoms with Gasteiger partial charge in [0.1, 0.15) is 12.1 Å². The predicted molar refractivity (Wildman–Crippen MR) is 77.4 cm³/mol. The topological polar surface area (TPSA) is 41.0 Å². The Hall–Kier alpha value is -1.16. The summed E-state index contributed by atoms with van der Waals surface area (Å²) in [5.74, 6) is 1.07. The van der Waals surface area contributed by atoms with Crippen molar-refractivity contribution in [1.82, 2.24) is 14.9 Å². The molecule has 1 saturated carbocycles. The lowest BCUT2D eigenvalue weighted by Gasteiger charge is -2.24. The molecule has 0 atom stereocenters. The first kappa shape index (κ1) is 12.9. The smallest absolute Gasteiger partial charge is 0.132 e. The monoisotopic (exact) mass is 260 g/mol. The quantitative estimate of drug-likeness (QED) is 0.881. The Balaban J connectivity index is 1.51. The number of aryl methyl sites for hydroxylation is 1. The molecule has 3 rings (SSSR count). The standard InChI is InChI=1S/C15H24N4/c1-19(12-5-2-3-6-12)10-9-16-15-13-7-4-8-14(13)17-11-18-15/h11-12H,2-10H2,1H3,(H,16,17,18). The third-order valence-electron chi connectivity index (χ3n) is 4.58. The molecule has 1 aromatic heterocycles. The van der Waals surface area contributed by atoms with Crippen LogP contribution in [0.5, 0.6) is 0 Å². The van der Waals surface area contributed by atoms with Crippen LogP contribution in [0.25, 0.3) is 0 Å². The minimum absolute atomic E-state index is 0.804. The van der Waals surface area contributed by atoms with Crippen molar-refractivity contribution in [3.63, 3.8) is 0 Å². The lowest BCUT2D eigenvalue weighted by atomic mass is 10.2. The Labute approximate surface area is 115 Å². The summed E-state index contributed by atoms with van der Waals surface area (Å²) in [4.78, 5) is 11.3. The minimum Gasteiger partial charge on any atom is -0.368 e. The van der Waals surface area contributed by atoms with Gasteiger partial charge in [-0.15, -0.1) is 0 Å². The molecule has 0 spiro atoms. The van der Waals surface area contributed by atoms with E-state index in [1.165, 1.54) is 43.4 Å². The summed E-state index contributed by atoms with van der Waals surface area (Å²) in [7, 11) is 2.25. The summed E-state index contributed by atoms with van der Waals surface area (Å²) < 4.78 is 0. The van der Waals surface area contributed by atoms with Crippen LogP contribution < -0.4 is 5.32 Å². The lowest BCUT2D eigenvalue weighted by Crippen LogP contribution is -2.33. The summed E-state index contributed by atoms with van der Waals surface area (Å²) in [6.45, 7) is 2.08. The third kappa shape index (κ3) is 2.89. The van der Waals surface area contributed by atoms with Gasteiger partial charge < -0.3 is 10.2 Å². The molecule has 0 aliphatic heterocycles. The van der Waals surface area contributed by atoms with Crippen LogP contribution in [0.3, 0.4) is 0 Å². The molecule has 0 radical (unpaired) electrons. The molecular formula is C15H24N4. The van der Waals surface area contributed by atoms with Gasteiger partial charge >= 0.3 is 0 Å². The van der Waals surface area contributed by atoms with E-state index in [4.69, 9.17) is 0 Å².